The van der Waals surface area contributed by atoms with Crippen LogP contribution >= 0.6 is 0 Å². The van der Waals surface area contributed by atoms with E-state index < -0.39 is 6.10 Å². The Balaban J connectivity index is 1.71. The number of fused-ring (bicyclic) bond motifs is 1. The molecule has 5 nitrogen and oxygen atoms in total. The Hall–Kier alpha value is -2.04. The molecule has 1 aliphatic rings. The Morgan fingerprint density at radius 1 is 1.25 bits per heavy atom. The second kappa shape index (κ2) is 6.41. The van der Waals surface area contributed by atoms with E-state index >= 15 is 0 Å². The maximum absolute atomic E-state index is 11.9. The number of hydrogen-bond acceptors (Lipinski definition) is 3. The van der Waals surface area contributed by atoms with Crippen molar-refractivity contribution in [3.63, 3.8) is 0 Å². The summed E-state index contributed by atoms with van der Waals surface area (Å²) in [5, 5.41) is 5.53. The van der Waals surface area contributed by atoms with Crippen LogP contribution in [0.15, 0.2) is 24.3 Å². The van der Waals surface area contributed by atoms with Crippen LogP contribution in [0.1, 0.15) is 19.4 Å². The van der Waals surface area contributed by atoms with Crippen LogP contribution in [-0.4, -0.2) is 31.0 Å². The fourth-order valence-electron chi connectivity index (χ4n) is 2.02. The van der Waals surface area contributed by atoms with Crippen molar-refractivity contribution < 1.29 is 14.3 Å². The van der Waals surface area contributed by atoms with Gasteiger partial charge in [-0.05, 0) is 11.6 Å². The van der Waals surface area contributed by atoms with Crippen LogP contribution in [0.25, 0.3) is 0 Å². The number of amides is 2. The third-order valence-corrected chi connectivity index (χ3v) is 3.19. The van der Waals surface area contributed by atoms with E-state index in [1.165, 1.54) is 0 Å². The van der Waals surface area contributed by atoms with Gasteiger partial charge in [0.15, 0.2) is 6.10 Å². The van der Waals surface area contributed by atoms with Crippen molar-refractivity contribution in [2.24, 2.45) is 5.92 Å². The zero-order chi connectivity index (χ0) is 14.5. The Kier molecular flexibility index (Phi) is 4.61. The SMILES string of the molecule is CC(C)C(=O)NCCNC(=O)C1Cc2ccccc2O1. The molecular formula is C15H20N2O3. The van der Waals surface area contributed by atoms with E-state index in [1.807, 2.05) is 38.1 Å². The van der Waals surface area contributed by atoms with E-state index in [9.17, 15) is 9.59 Å². The molecule has 0 bridgehead atoms. The van der Waals surface area contributed by atoms with Crippen molar-refractivity contribution in [3.8, 4) is 5.75 Å². The van der Waals surface area contributed by atoms with Gasteiger partial charge in [0, 0.05) is 25.4 Å². The second-order valence-electron chi connectivity index (χ2n) is 5.16. The maximum Gasteiger partial charge on any atom is 0.261 e. The molecule has 2 N–H and O–H groups in total. The molecule has 0 saturated heterocycles. The third kappa shape index (κ3) is 3.50. The fourth-order valence-corrected chi connectivity index (χ4v) is 2.02. The molecule has 0 saturated carbocycles. The van der Waals surface area contributed by atoms with Crippen molar-refractivity contribution in [3.05, 3.63) is 29.8 Å². The topological polar surface area (TPSA) is 67.4 Å². The highest BCUT2D eigenvalue weighted by Gasteiger charge is 2.28. The van der Waals surface area contributed by atoms with Crippen molar-refractivity contribution in [1.29, 1.82) is 0 Å². The van der Waals surface area contributed by atoms with Crippen LogP contribution in [0.2, 0.25) is 0 Å². The summed E-state index contributed by atoms with van der Waals surface area (Å²) in [5.41, 5.74) is 1.06. The van der Waals surface area contributed by atoms with Gasteiger partial charge in [0.05, 0.1) is 0 Å². The highest BCUT2D eigenvalue weighted by atomic mass is 16.5. The predicted octanol–water partition coefficient (Wildman–Crippen LogP) is 0.879. The van der Waals surface area contributed by atoms with E-state index in [-0.39, 0.29) is 17.7 Å². The first-order valence-corrected chi connectivity index (χ1v) is 6.88. The Labute approximate surface area is 118 Å². The zero-order valence-corrected chi connectivity index (χ0v) is 11.8. The van der Waals surface area contributed by atoms with Gasteiger partial charge in [-0.2, -0.15) is 0 Å². The van der Waals surface area contributed by atoms with Crippen LogP contribution in [0.5, 0.6) is 5.75 Å². The summed E-state index contributed by atoms with van der Waals surface area (Å²) in [4.78, 5) is 23.3. The van der Waals surface area contributed by atoms with Crippen molar-refractivity contribution in [1.82, 2.24) is 10.6 Å². The molecule has 2 amide bonds. The van der Waals surface area contributed by atoms with Crippen LogP contribution in [0.4, 0.5) is 0 Å². The smallest absolute Gasteiger partial charge is 0.261 e. The Bertz CT molecular complexity index is 475. The number of hydrogen-bond donors (Lipinski definition) is 2. The number of benzene rings is 1. The fraction of sp³-hybridized carbons (Fsp3) is 0.467. The van der Waals surface area contributed by atoms with Gasteiger partial charge < -0.3 is 15.4 Å². The number of nitrogens with one attached hydrogen (secondary N) is 2. The Morgan fingerprint density at radius 3 is 2.65 bits per heavy atom. The molecule has 0 aromatic heterocycles. The maximum atomic E-state index is 11.9. The zero-order valence-electron chi connectivity index (χ0n) is 11.8. The molecule has 1 heterocycles. The molecule has 20 heavy (non-hydrogen) atoms. The normalized spacial score (nSPS) is 16.4. The highest BCUT2D eigenvalue weighted by Crippen LogP contribution is 2.27. The molecule has 0 radical (unpaired) electrons. The molecule has 0 spiro atoms. The Morgan fingerprint density at radius 2 is 1.95 bits per heavy atom. The van der Waals surface area contributed by atoms with Gasteiger partial charge in [-0.25, -0.2) is 0 Å². The van der Waals surface area contributed by atoms with E-state index in [1.54, 1.807) is 0 Å². The van der Waals surface area contributed by atoms with Crippen molar-refractivity contribution in [2.45, 2.75) is 26.4 Å². The molecule has 5 heteroatoms. The minimum atomic E-state index is -0.465. The lowest BCUT2D eigenvalue weighted by atomic mass is 10.1. The average Bonchev–Trinajstić information content (AvgIpc) is 2.86. The summed E-state index contributed by atoms with van der Waals surface area (Å²) in [5.74, 6) is 0.586. The van der Waals surface area contributed by atoms with Crippen molar-refractivity contribution >= 4 is 11.8 Å². The quantitative estimate of drug-likeness (QED) is 0.784. The first-order valence-electron chi connectivity index (χ1n) is 6.88. The van der Waals surface area contributed by atoms with Gasteiger partial charge in [0.2, 0.25) is 5.91 Å². The van der Waals surface area contributed by atoms with E-state index in [0.717, 1.165) is 11.3 Å². The minimum Gasteiger partial charge on any atom is -0.480 e. The number of para-hydroxylation sites is 1. The first kappa shape index (κ1) is 14.4. The lowest BCUT2D eigenvalue weighted by molar-refractivity contribution is -0.128. The summed E-state index contributed by atoms with van der Waals surface area (Å²) < 4.78 is 5.59. The molecule has 1 aliphatic heterocycles. The molecule has 2 rings (SSSR count). The summed E-state index contributed by atoms with van der Waals surface area (Å²) in [6, 6.07) is 7.65. The number of rotatable bonds is 5. The molecule has 0 aliphatic carbocycles. The summed E-state index contributed by atoms with van der Waals surface area (Å²) in [7, 11) is 0. The van der Waals surface area contributed by atoms with Crippen LogP contribution in [-0.2, 0) is 16.0 Å². The number of ether oxygens (including phenoxy) is 1. The highest BCUT2D eigenvalue weighted by molar-refractivity contribution is 5.82. The van der Waals surface area contributed by atoms with Gasteiger partial charge in [-0.15, -0.1) is 0 Å². The molecule has 1 aromatic carbocycles. The van der Waals surface area contributed by atoms with Crippen LogP contribution in [0.3, 0.4) is 0 Å². The molecule has 108 valence electrons. The van der Waals surface area contributed by atoms with Crippen molar-refractivity contribution in [2.75, 3.05) is 13.1 Å². The van der Waals surface area contributed by atoms with Gasteiger partial charge >= 0.3 is 0 Å². The van der Waals surface area contributed by atoms with Gasteiger partial charge in [-0.3, -0.25) is 9.59 Å². The van der Waals surface area contributed by atoms with Gasteiger partial charge in [0.1, 0.15) is 5.75 Å². The van der Waals surface area contributed by atoms with Gasteiger partial charge in [-0.1, -0.05) is 32.0 Å². The van der Waals surface area contributed by atoms with E-state index in [2.05, 4.69) is 10.6 Å². The van der Waals surface area contributed by atoms with Crippen LogP contribution in [0, 0.1) is 5.92 Å². The lowest BCUT2D eigenvalue weighted by Crippen LogP contribution is -2.42. The second-order valence-corrected chi connectivity index (χ2v) is 5.16. The molecule has 0 fully saturated rings. The number of carbonyl (C=O) groups is 2. The average molecular weight is 276 g/mol. The lowest BCUT2D eigenvalue weighted by Gasteiger charge is -2.12. The minimum absolute atomic E-state index is 0.0104. The standard InChI is InChI=1S/C15H20N2O3/c1-10(2)14(18)16-7-8-17-15(19)13-9-11-5-3-4-6-12(11)20-13/h3-6,10,13H,7-9H2,1-2H3,(H,16,18)(H,17,19). The monoisotopic (exact) mass is 276 g/mol. The molecule has 1 atom stereocenters. The molecular weight excluding hydrogens is 256 g/mol. The summed E-state index contributed by atoms with van der Waals surface area (Å²) >= 11 is 0. The third-order valence-electron chi connectivity index (χ3n) is 3.19. The summed E-state index contributed by atoms with van der Waals surface area (Å²) in [6.07, 6.45) is 0.133. The van der Waals surface area contributed by atoms with E-state index in [4.69, 9.17) is 4.74 Å². The number of carbonyl (C=O) groups excluding carboxylic acids is 2. The molecule has 1 aromatic rings. The first-order chi connectivity index (χ1) is 9.58. The van der Waals surface area contributed by atoms with Crippen LogP contribution < -0.4 is 15.4 Å². The molecule has 1 unspecified atom stereocenters. The van der Waals surface area contributed by atoms with E-state index in [0.29, 0.717) is 19.5 Å². The predicted molar refractivity (Wildman–Crippen MR) is 75.4 cm³/mol. The largest absolute Gasteiger partial charge is 0.480 e. The van der Waals surface area contributed by atoms with Gasteiger partial charge in [0.25, 0.3) is 5.91 Å². The summed E-state index contributed by atoms with van der Waals surface area (Å²) in [6.45, 7) is 4.50.